The molecule has 0 heterocycles. The molecule has 0 radical (unpaired) electrons. The van der Waals surface area contributed by atoms with Gasteiger partial charge in [0, 0.05) is 62.6 Å². The number of nitrogens with zero attached hydrogens (tertiary/aromatic N) is 12. The monoisotopic (exact) mass is 1440 g/mol. The number of rotatable bonds is 37. The summed E-state index contributed by atoms with van der Waals surface area (Å²) < 4.78 is 2.80. The fourth-order valence-electron chi connectivity index (χ4n) is 12.8. The van der Waals surface area contributed by atoms with Crippen molar-refractivity contribution < 1.29 is 23.0 Å². The van der Waals surface area contributed by atoms with Crippen LogP contribution in [-0.4, -0.2) is 136 Å². The largest absolute Gasteiger partial charge is 0.372 e. The van der Waals surface area contributed by atoms with Crippen LogP contribution in [0.25, 0.3) is 0 Å². The molecule has 100 heavy (non-hydrogen) atoms. The summed E-state index contributed by atoms with van der Waals surface area (Å²) in [6.07, 6.45) is 2.77. The Balaban J connectivity index is 0.000000272. The van der Waals surface area contributed by atoms with Crippen molar-refractivity contribution in [1.29, 1.82) is 0 Å². The van der Waals surface area contributed by atoms with Gasteiger partial charge in [0.25, 0.3) is 0 Å². The lowest BCUT2D eigenvalue weighted by molar-refractivity contribution is -0.921. The highest BCUT2D eigenvalue weighted by Crippen LogP contribution is 2.38. The van der Waals surface area contributed by atoms with Crippen molar-refractivity contribution in [2.45, 2.75) is 143 Å². The molecule has 0 aliphatic heterocycles. The predicted molar refractivity (Wildman–Crippen MR) is 427 cm³/mol. The zero-order valence-electron chi connectivity index (χ0n) is 63.0. The van der Waals surface area contributed by atoms with E-state index in [1.165, 1.54) is 36.6 Å². The van der Waals surface area contributed by atoms with E-state index in [-0.39, 0.29) is 5.78 Å². The van der Waals surface area contributed by atoms with Crippen molar-refractivity contribution in [2.75, 3.05) is 126 Å². The molecule has 0 N–H and O–H groups in total. The van der Waals surface area contributed by atoms with Crippen LogP contribution in [0.4, 0.5) is 51.2 Å². The lowest BCUT2D eigenvalue weighted by Crippen LogP contribution is -2.51. The van der Waals surface area contributed by atoms with Gasteiger partial charge in [0.05, 0.1) is 115 Å². The number of likely N-dealkylation sites (N-methyl/N-ethyl adjacent to an activating group) is 4. The van der Waals surface area contributed by atoms with Gasteiger partial charge < -0.3 is 28.1 Å². The normalized spacial score (nSPS) is 11.8. The van der Waals surface area contributed by atoms with Gasteiger partial charge >= 0.3 is 0 Å². The van der Waals surface area contributed by atoms with Crippen LogP contribution in [0.5, 0.6) is 0 Å². The van der Waals surface area contributed by atoms with Gasteiger partial charge in [-0.05, 0) is 241 Å². The first-order valence-electron chi connectivity index (χ1n) is 36.5. The molecule has 7 aromatic carbocycles. The molecule has 0 aliphatic carbocycles. The molecule has 0 amide bonds. The fraction of sp³-hybridized carbons (Fsp3) is 0.463. The van der Waals surface area contributed by atoms with E-state index in [1.807, 2.05) is 80.6 Å². The lowest BCUT2D eigenvalue weighted by atomic mass is 10.0. The Morgan fingerprint density at radius 3 is 1.04 bits per heavy atom. The second-order valence-electron chi connectivity index (χ2n) is 25.9. The number of quaternary nitrogens is 3. The zero-order valence-corrected chi connectivity index (χ0v) is 66.1. The number of Topliss-reactive ketones (excluding diaryl/α,β-unsaturated/α-hetero) is 2. The number of carbonyl (C=O) groups excluding carboxylic acids is 2. The molecule has 0 bridgehead atoms. The average Bonchev–Trinajstić information content (AvgIpc) is 0.845. The Bertz CT molecular complexity index is 3620. The third-order valence-corrected chi connectivity index (χ3v) is 21.3. The third-order valence-electron chi connectivity index (χ3n) is 20.1. The highest BCUT2D eigenvalue weighted by Gasteiger charge is 2.27. The standard InChI is InChI=1S/C32H43N4O.C25H35Cl2N4O.C25H37Cl2N4/c1-7-35(23-27-14-12-11-13-15-27)30-18-16-29(17-19-30)33-34-32-25(5)20-28(21-26(32)6)22-31(37)24-36(8-2,9-3)10-4;1-6-30(7-2)21-13-11-20(12-14-21)28-29-25-23(26)16-19(17-24(25)27)15-22(32)18-31(8-3,9-4)10-5;1-6-11-20-18-23(26)25(24(27)19-20)29-28-21-12-14-22(15-13-21)30(7-2)16-17-31(8-3,9-4)10-5/h11-21H,7-10,22-24H2,1-6H3;11-14,16-17H,6-10,15,18H2,1-5H3;12-15,18-19H,6-11,16-17H2,1-5H3/q3*+1. The van der Waals surface area contributed by atoms with E-state index in [0.29, 0.717) is 63.2 Å². The Morgan fingerprint density at radius 1 is 0.360 bits per heavy atom. The van der Waals surface area contributed by atoms with E-state index in [2.05, 4.69) is 203 Å². The molecule has 0 fully saturated rings. The number of ketones is 2. The summed E-state index contributed by atoms with van der Waals surface area (Å²) in [6.45, 7) is 52.0. The summed E-state index contributed by atoms with van der Waals surface area (Å²) in [5.74, 6) is 0.484. The van der Waals surface area contributed by atoms with Crippen molar-refractivity contribution in [3.63, 3.8) is 0 Å². The molecule has 0 unspecified atom stereocenters. The molecule has 7 rings (SSSR count). The number of hydrogen-bond donors (Lipinski definition) is 0. The van der Waals surface area contributed by atoms with Crippen molar-refractivity contribution in [3.8, 4) is 0 Å². The quantitative estimate of drug-likeness (QED) is 0.0284. The number of azo groups is 3. The van der Waals surface area contributed by atoms with Gasteiger partial charge in [-0.3, -0.25) is 9.59 Å². The fourth-order valence-corrected chi connectivity index (χ4v) is 14.1. The van der Waals surface area contributed by atoms with Gasteiger partial charge in [0.15, 0.2) is 11.6 Å². The van der Waals surface area contributed by atoms with E-state index in [4.69, 9.17) is 46.4 Å². The molecule has 7 aromatic rings. The summed E-state index contributed by atoms with van der Waals surface area (Å²) in [4.78, 5) is 32.6. The number of halogens is 4. The molecule has 540 valence electrons. The smallest absolute Gasteiger partial charge is 0.191 e. The van der Waals surface area contributed by atoms with Crippen LogP contribution in [0, 0.1) is 13.8 Å². The van der Waals surface area contributed by atoms with Crippen molar-refractivity contribution in [2.24, 2.45) is 30.7 Å². The van der Waals surface area contributed by atoms with Crippen LogP contribution in [0.15, 0.2) is 170 Å². The van der Waals surface area contributed by atoms with Crippen LogP contribution < -0.4 is 14.7 Å². The topological polar surface area (TPSA) is 118 Å². The van der Waals surface area contributed by atoms with E-state index in [1.54, 1.807) is 12.1 Å². The van der Waals surface area contributed by atoms with Crippen LogP contribution >= 0.6 is 46.4 Å². The van der Waals surface area contributed by atoms with Gasteiger partial charge in [0.1, 0.15) is 24.5 Å². The molecule has 0 aromatic heterocycles. The van der Waals surface area contributed by atoms with Crippen LogP contribution in [0.3, 0.4) is 0 Å². The van der Waals surface area contributed by atoms with Crippen molar-refractivity contribution >= 4 is 109 Å². The number of aryl methyl sites for hydroxylation is 3. The molecule has 0 spiro atoms. The Kier molecular flexibility index (Phi) is 35.6. The molecule has 0 aliphatic rings. The molecule has 0 saturated heterocycles. The SMILES string of the molecule is CCCc1cc(Cl)c(N=Nc2ccc(N(CC)CC[N+](CC)(CC)CC)cc2)c(Cl)c1.CCN(CC)c1ccc(N=Nc2c(Cl)cc(CC(=O)C[N+](CC)(CC)CC)cc2Cl)cc1.CCN(Cc1ccccc1)c1ccc(N=Nc2c(C)cc(CC(=O)C[N+](CC)(CC)CC)cc2C)cc1. The minimum Gasteiger partial charge on any atom is -0.372 e. The molecule has 0 saturated carbocycles. The van der Waals surface area contributed by atoms with Crippen molar-refractivity contribution in [1.82, 2.24) is 0 Å². The minimum absolute atomic E-state index is 0.186. The Hall–Kier alpha value is -6.88. The van der Waals surface area contributed by atoms with Gasteiger partial charge in [-0.1, -0.05) is 102 Å². The minimum atomic E-state index is 0.186. The van der Waals surface area contributed by atoms with E-state index in [9.17, 15) is 9.59 Å². The number of anilines is 3. The molecule has 0 atom stereocenters. The van der Waals surface area contributed by atoms with E-state index >= 15 is 0 Å². The Labute approximate surface area is 620 Å². The van der Waals surface area contributed by atoms with Crippen molar-refractivity contribution in [3.05, 3.63) is 193 Å². The maximum Gasteiger partial charge on any atom is 0.191 e. The van der Waals surface area contributed by atoms with Crippen LogP contribution in [0.1, 0.15) is 137 Å². The van der Waals surface area contributed by atoms with Gasteiger partial charge in [-0.25, -0.2) is 0 Å². The number of benzene rings is 7. The second kappa shape index (κ2) is 42.5. The second-order valence-corrected chi connectivity index (χ2v) is 27.5. The summed E-state index contributed by atoms with van der Waals surface area (Å²) in [7, 11) is 0. The maximum atomic E-state index is 12.9. The average molecular weight is 1440 g/mol. The first-order valence-corrected chi connectivity index (χ1v) is 38.0. The molecular weight excluding hydrogens is 1330 g/mol. The van der Waals surface area contributed by atoms with E-state index in [0.717, 1.165) is 168 Å². The zero-order chi connectivity index (χ0) is 73.4. The lowest BCUT2D eigenvalue weighted by Gasteiger charge is -2.38. The number of hydrogen-bond acceptors (Lipinski definition) is 11. The van der Waals surface area contributed by atoms with E-state index < -0.39 is 0 Å². The van der Waals surface area contributed by atoms with Gasteiger partial charge in [-0.2, -0.15) is 20.5 Å². The number of carbonyl (C=O) groups is 2. The predicted octanol–water partition coefficient (Wildman–Crippen LogP) is 23.0. The highest BCUT2D eigenvalue weighted by atomic mass is 35.5. The van der Waals surface area contributed by atoms with Gasteiger partial charge in [-0.15, -0.1) is 10.2 Å². The summed E-state index contributed by atoms with van der Waals surface area (Å²) in [5, 5.41) is 28.2. The Morgan fingerprint density at radius 2 is 0.690 bits per heavy atom. The molecular formula is C82H115Cl4N12O2+3. The summed E-state index contributed by atoms with van der Waals surface area (Å²) in [6, 6.07) is 46.5. The summed E-state index contributed by atoms with van der Waals surface area (Å²) in [5.41, 5.74) is 14.0. The maximum absolute atomic E-state index is 12.9. The van der Waals surface area contributed by atoms with Crippen LogP contribution in [-0.2, 0) is 35.4 Å². The first kappa shape index (κ1) is 83.8. The summed E-state index contributed by atoms with van der Waals surface area (Å²) >= 11 is 25.7. The highest BCUT2D eigenvalue weighted by molar-refractivity contribution is 6.39. The molecule has 14 nitrogen and oxygen atoms in total. The first-order chi connectivity index (χ1) is 48.0. The molecule has 18 heteroatoms. The third kappa shape index (κ3) is 25.0. The van der Waals surface area contributed by atoms with Crippen LogP contribution in [0.2, 0.25) is 20.1 Å². The van der Waals surface area contributed by atoms with Gasteiger partial charge in [0.2, 0.25) is 0 Å².